The summed E-state index contributed by atoms with van der Waals surface area (Å²) >= 11 is 0. The van der Waals surface area contributed by atoms with Crippen LogP contribution in [0.2, 0.25) is 0 Å². The third-order valence-electron chi connectivity index (χ3n) is 10.3. The molecule has 1 saturated heterocycles. The number of carbonyl (C=O) groups excluding carboxylic acids is 5. The van der Waals surface area contributed by atoms with E-state index >= 15 is 0 Å². The van der Waals surface area contributed by atoms with Gasteiger partial charge in [0.2, 0.25) is 17.7 Å². The molecule has 66 heavy (non-hydrogen) atoms. The number of nitrogens with zero attached hydrogens (tertiary/aromatic N) is 8. The van der Waals surface area contributed by atoms with Gasteiger partial charge in [-0.25, -0.2) is 18.6 Å². The molecule has 4 heterocycles. The first-order valence-corrected chi connectivity index (χ1v) is 21.4. The fraction of sp³-hybridized carbons (Fsp3) is 0.535. The number of carbonyl (C=O) groups is 6. The van der Waals surface area contributed by atoms with Crippen LogP contribution in [0.5, 0.6) is 0 Å². The second-order valence-electron chi connectivity index (χ2n) is 17.1. The summed E-state index contributed by atoms with van der Waals surface area (Å²) < 4.78 is 38.1. The van der Waals surface area contributed by atoms with Crippen molar-refractivity contribution in [2.45, 2.75) is 71.0 Å². The van der Waals surface area contributed by atoms with E-state index in [0.717, 1.165) is 11.1 Å². The summed E-state index contributed by atoms with van der Waals surface area (Å²) in [6.45, 7) is 12.6. The molecule has 0 saturated carbocycles. The Morgan fingerprint density at radius 3 is 2.11 bits per heavy atom. The lowest BCUT2D eigenvalue weighted by molar-refractivity contribution is -0.140. The predicted octanol–water partition coefficient (Wildman–Crippen LogP) is 0.819. The van der Waals surface area contributed by atoms with Crippen LogP contribution in [-0.2, 0) is 50.1 Å². The molecule has 5 rings (SSSR count). The number of imidazole rings is 1. The van der Waals surface area contributed by atoms with Gasteiger partial charge in [-0.3, -0.25) is 28.8 Å². The Balaban J connectivity index is 0.957. The summed E-state index contributed by atoms with van der Waals surface area (Å²) in [6.07, 6.45) is 2.33. The highest BCUT2D eigenvalue weighted by molar-refractivity contribution is 5.95. The third kappa shape index (κ3) is 14.5. The smallest absolute Gasteiger partial charge is 0.305 e. The number of fused-ring (bicyclic) bond motifs is 1. The number of rotatable bonds is 24. The zero-order valence-corrected chi connectivity index (χ0v) is 37.8. The lowest BCUT2D eigenvalue weighted by Gasteiger charge is -2.46. The first-order valence-electron chi connectivity index (χ1n) is 21.4. The van der Waals surface area contributed by atoms with Crippen molar-refractivity contribution in [3.05, 3.63) is 65.5 Å². The molecule has 5 amide bonds. The number of hydrogen-bond donors (Lipinski definition) is 4. The van der Waals surface area contributed by atoms with Gasteiger partial charge in [-0.15, -0.1) is 5.10 Å². The molecule has 0 radical (unpaired) electrons. The van der Waals surface area contributed by atoms with Crippen molar-refractivity contribution < 1.29 is 57.2 Å². The molecule has 0 aliphatic carbocycles. The molecular formula is C43H58FN11O11. The molecule has 1 aliphatic heterocycles. The van der Waals surface area contributed by atoms with Crippen LogP contribution in [0.3, 0.4) is 0 Å². The third-order valence-corrected chi connectivity index (χ3v) is 10.3. The van der Waals surface area contributed by atoms with Gasteiger partial charge in [0, 0.05) is 43.7 Å². The molecule has 22 nitrogen and oxygen atoms in total. The zero-order chi connectivity index (χ0) is 48.0. The number of halogens is 1. The van der Waals surface area contributed by atoms with Gasteiger partial charge in [0.25, 0.3) is 11.8 Å². The zero-order valence-electron chi connectivity index (χ0n) is 37.8. The number of aliphatic carboxylic acids is 1. The maximum absolute atomic E-state index is 14.0. The minimum Gasteiger partial charge on any atom is -0.481 e. The standard InChI is InChI=1S/C43H58FN11O11/c1-42(2,3)30-22-31(28-6-8-29(44)9-7-28)50-55-25-33(48-39(30)55)41(62)54-13-12-52(27-43(54,4)5)40(61)34-24-53(51-49-34)26-36(57)46-11-15-64-17-19-66-21-20-65-18-16-63-14-10-35(56)47-32(38(45)60)23-37(58)59/h6-9,22,24-25,32H,10-21,23,26-27H2,1-5H3,(H2,45,60)(H,46,57)(H,47,56)(H,58,59). The molecule has 1 aromatic carbocycles. The molecule has 1 aliphatic rings. The minimum absolute atomic E-state index is 0.0468. The number of nitrogens with one attached hydrogen (secondary N) is 2. The highest BCUT2D eigenvalue weighted by atomic mass is 19.1. The van der Waals surface area contributed by atoms with Gasteiger partial charge in [0.1, 0.15) is 24.1 Å². The fourth-order valence-electron chi connectivity index (χ4n) is 6.93. The summed E-state index contributed by atoms with van der Waals surface area (Å²) in [5, 5.41) is 26.4. The molecule has 1 unspecified atom stereocenters. The SMILES string of the molecule is CC(C)(C)c1cc(-c2ccc(F)cc2)nn2cc(C(=O)N3CCN(C(=O)c4cn(CC(=O)NCCOCCOCCOCCOCCC(=O)NC(CC(=O)O)C(N)=O)nn4)CC3(C)C)nc12. The van der Waals surface area contributed by atoms with Crippen molar-refractivity contribution in [3.8, 4) is 11.3 Å². The van der Waals surface area contributed by atoms with Crippen LogP contribution in [0.1, 0.15) is 74.0 Å². The Labute approximate surface area is 380 Å². The lowest BCUT2D eigenvalue weighted by Crippen LogP contribution is -2.62. The molecule has 0 bridgehead atoms. The number of aromatic nitrogens is 6. The summed E-state index contributed by atoms with van der Waals surface area (Å²) in [4.78, 5) is 82.0. The lowest BCUT2D eigenvalue weighted by atomic mass is 9.87. The van der Waals surface area contributed by atoms with Crippen LogP contribution in [0, 0.1) is 5.82 Å². The van der Waals surface area contributed by atoms with E-state index in [2.05, 4.69) is 20.9 Å². The van der Waals surface area contributed by atoms with Gasteiger partial charge in [0.05, 0.1) is 82.9 Å². The summed E-state index contributed by atoms with van der Waals surface area (Å²) in [5.74, 6) is -4.15. The Morgan fingerprint density at radius 1 is 0.864 bits per heavy atom. The first-order chi connectivity index (χ1) is 31.3. The maximum Gasteiger partial charge on any atom is 0.305 e. The van der Waals surface area contributed by atoms with E-state index in [9.17, 15) is 33.2 Å². The summed E-state index contributed by atoms with van der Waals surface area (Å²) in [6, 6.07) is 6.69. The van der Waals surface area contributed by atoms with E-state index in [-0.39, 0.29) is 113 Å². The normalized spacial score (nSPS) is 14.3. The van der Waals surface area contributed by atoms with Gasteiger partial charge >= 0.3 is 5.97 Å². The monoisotopic (exact) mass is 923 g/mol. The average Bonchev–Trinajstić information content (AvgIpc) is 3.91. The van der Waals surface area contributed by atoms with E-state index in [0.29, 0.717) is 31.2 Å². The van der Waals surface area contributed by atoms with E-state index in [4.69, 9.17) is 39.9 Å². The number of carboxylic acid groups (broad SMARTS) is 1. The molecule has 358 valence electrons. The maximum atomic E-state index is 14.0. The molecule has 0 spiro atoms. The van der Waals surface area contributed by atoms with Gasteiger partial charge in [-0.2, -0.15) is 5.10 Å². The number of ether oxygens (including phenoxy) is 4. The molecule has 3 aromatic heterocycles. The van der Waals surface area contributed by atoms with Crippen LogP contribution in [0.15, 0.2) is 42.7 Å². The van der Waals surface area contributed by atoms with Crippen LogP contribution in [0.25, 0.3) is 16.9 Å². The van der Waals surface area contributed by atoms with E-state index in [1.54, 1.807) is 32.6 Å². The van der Waals surface area contributed by atoms with Gasteiger partial charge in [-0.05, 0) is 49.6 Å². The van der Waals surface area contributed by atoms with Crippen LogP contribution < -0.4 is 16.4 Å². The van der Waals surface area contributed by atoms with Gasteiger partial charge in [0.15, 0.2) is 11.3 Å². The van der Waals surface area contributed by atoms with Crippen molar-refractivity contribution in [1.29, 1.82) is 0 Å². The second-order valence-corrected chi connectivity index (χ2v) is 17.1. The predicted molar refractivity (Wildman–Crippen MR) is 232 cm³/mol. The molecule has 1 fully saturated rings. The van der Waals surface area contributed by atoms with Gasteiger partial charge in [-0.1, -0.05) is 26.0 Å². The molecule has 1 atom stereocenters. The number of primary amides is 1. The highest BCUT2D eigenvalue weighted by Gasteiger charge is 2.40. The summed E-state index contributed by atoms with van der Waals surface area (Å²) in [5.41, 5.74) is 6.99. The summed E-state index contributed by atoms with van der Waals surface area (Å²) in [7, 11) is 0. The first kappa shape index (κ1) is 50.6. The highest BCUT2D eigenvalue weighted by Crippen LogP contribution is 2.31. The number of piperazine rings is 1. The van der Waals surface area contributed by atoms with Crippen LogP contribution in [0.4, 0.5) is 4.39 Å². The Morgan fingerprint density at radius 2 is 1.50 bits per heavy atom. The number of amides is 5. The van der Waals surface area contributed by atoms with Crippen molar-refractivity contribution in [1.82, 2.24) is 50.0 Å². The van der Waals surface area contributed by atoms with Gasteiger partial charge < -0.3 is 50.2 Å². The van der Waals surface area contributed by atoms with Crippen LogP contribution in [-0.4, -0.2) is 171 Å². The molecular weight excluding hydrogens is 866 g/mol. The molecule has 4 aromatic rings. The number of carboxylic acids is 1. The quantitative estimate of drug-likeness (QED) is 0.0709. The number of benzene rings is 1. The second kappa shape index (κ2) is 23.2. The van der Waals surface area contributed by atoms with Crippen LogP contribution >= 0.6 is 0 Å². The Bertz CT molecular complexity index is 2330. The average molecular weight is 924 g/mol. The van der Waals surface area contributed by atoms with Crippen molar-refractivity contribution in [2.24, 2.45) is 5.73 Å². The van der Waals surface area contributed by atoms with Crippen molar-refractivity contribution in [3.63, 3.8) is 0 Å². The molecule has 5 N–H and O–H groups in total. The fourth-order valence-corrected chi connectivity index (χ4v) is 6.93. The largest absolute Gasteiger partial charge is 0.481 e. The van der Waals surface area contributed by atoms with E-state index in [1.807, 2.05) is 40.7 Å². The number of nitrogens with two attached hydrogens (primary N) is 1. The molecule has 23 heteroatoms. The van der Waals surface area contributed by atoms with E-state index < -0.39 is 35.8 Å². The minimum atomic E-state index is -1.29. The Hall–Kier alpha value is -6.43. The Kier molecular flexibility index (Phi) is 17.7. The van der Waals surface area contributed by atoms with Crippen molar-refractivity contribution >= 4 is 41.2 Å². The van der Waals surface area contributed by atoms with Crippen molar-refractivity contribution in [2.75, 3.05) is 79.0 Å². The van der Waals surface area contributed by atoms with E-state index in [1.165, 1.54) is 23.0 Å². The topological polar surface area (TPSA) is 277 Å². The number of hydrogen-bond acceptors (Lipinski definition) is 14.